The average Bonchev–Trinajstić information content (AvgIpc) is 3.20. The van der Waals surface area contributed by atoms with Crippen LogP contribution in [0.15, 0.2) is 48.7 Å². The number of aromatic amines is 1. The zero-order valence-electron chi connectivity index (χ0n) is 17.6. The van der Waals surface area contributed by atoms with Gasteiger partial charge in [-0.05, 0) is 50.0 Å². The van der Waals surface area contributed by atoms with Gasteiger partial charge in [0.15, 0.2) is 5.82 Å². The number of likely N-dealkylation sites (N-methyl/N-ethyl adjacent to an activating group) is 1. The predicted molar refractivity (Wildman–Crippen MR) is 116 cm³/mol. The number of imidazole rings is 1. The first-order valence-electron chi connectivity index (χ1n) is 9.97. The van der Waals surface area contributed by atoms with Gasteiger partial charge in [-0.3, -0.25) is 0 Å². The van der Waals surface area contributed by atoms with Crippen molar-refractivity contribution in [3.63, 3.8) is 0 Å². The topological polar surface area (TPSA) is 88.2 Å². The number of rotatable bonds is 7. The zero-order valence-corrected chi connectivity index (χ0v) is 17.6. The fourth-order valence-electron chi connectivity index (χ4n) is 3.11. The lowest BCUT2D eigenvalue weighted by molar-refractivity contribution is -0.165. The molecule has 1 aliphatic heterocycles. The maximum atomic E-state index is 13.5. The van der Waals surface area contributed by atoms with Crippen molar-refractivity contribution in [3.05, 3.63) is 60.3 Å². The molecule has 9 heteroatoms. The third-order valence-corrected chi connectivity index (χ3v) is 4.69. The Morgan fingerprint density at radius 3 is 2.61 bits per heavy atom. The highest BCUT2D eigenvalue weighted by Crippen LogP contribution is 2.33. The summed E-state index contributed by atoms with van der Waals surface area (Å²) in [6.07, 6.45) is 1.05. The largest absolute Gasteiger partial charge is 0.353 e. The van der Waals surface area contributed by atoms with Crippen LogP contribution >= 0.6 is 0 Å². The van der Waals surface area contributed by atoms with Crippen LogP contribution in [0.2, 0.25) is 0 Å². The lowest BCUT2D eigenvalue weighted by Crippen LogP contribution is -2.21. The summed E-state index contributed by atoms with van der Waals surface area (Å²) in [5.74, 6) is 0.720. The molecule has 1 fully saturated rings. The number of nitrogens with one attached hydrogen (secondary N) is 2. The molecule has 0 atom stereocenters. The number of halogens is 1. The summed E-state index contributed by atoms with van der Waals surface area (Å²) < 4.78 is 24.9. The quantitative estimate of drug-likeness (QED) is 0.563. The Kier molecular flexibility index (Phi) is 6.36. The van der Waals surface area contributed by atoms with Gasteiger partial charge in [0.05, 0.1) is 30.3 Å². The van der Waals surface area contributed by atoms with Crippen molar-refractivity contribution in [2.45, 2.75) is 6.29 Å². The van der Waals surface area contributed by atoms with Crippen LogP contribution in [0.25, 0.3) is 22.6 Å². The first-order chi connectivity index (χ1) is 15.0. The molecular weight excluding hydrogens is 399 g/mol. The van der Waals surface area contributed by atoms with Gasteiger partial charge in [0.1, 0.15) is 5.82 Å². The van der Waals surface area contributed by atoms with Crippen molar-refractivity contribution < 1.29 is 13.9 Å². The van der Waals surface area contributed by atoms with E-state index in [4.69, 9.17) is 14.5 Å². The molecule has 1 saturated heterocycles. The number of hydrogen-bond acceptors (Lipinski definition) is 7. The summed E-state index contributed by atoms with van der Waals surface area (Å²) in [7, 11) is 4.01. The third-order valence-electron chi connectivity index (χ3n) is 4.69. The molecule has 2 aromatic heterocycles. The highest BCUT2D eigenvalue weighted by Gasteiger charge is 2.25. The van der Waals surface area contributed by atoms with Crippen molar-refractivity contribution in [1.82, 2.24) is 24.8 Å². The first kappa shape index (κ1) is 21.1. The van der Waals surface area contributed by atoms with Crippen LogP contribution in [-0.4, -0.2) is 65.2 Å². The van der Waals surface area contributed by atoms with E-state index >= 15 is 0 Å². The molecule has 0 unspecified atom stereocenters. The SMILES string of the molecule is C=C1COC(c2nc(-c3ccc(F)cc3)c(-c3ccnc(NCCN(C)C)n3)[nH]2)OC1. The Morgan fingerprint density at radius 1 is 1.16 bits per heavy atom. The number of anilines is 1. The van der Waals surface area contributed by atoms with E-state index in [0.717, 1.165) is 17.7 Å². The van der Waals surface area contributed by atoms with E-state index in [2.05, 4.69) is 31.7 Å². The number of aromatic nitrogens is 4. The van der Waals surface area contributed by atoms with Gasteiger partial charge in [-0.15, -0.1) is 0 Å². The normalized spacial score (nSPS) is 14.9. The van der Waals surface area contributed by atoms with E-state index < -0.39 is 6.29 Å². The summed E-state index contributed by atoms with van der Waals surface area (Å²) in [5.41, 5.74) is 3.58. The van der Waals surface area contributed by atoms with Crippen LogP contribution in [0.5, 0.6) is 0 Å². The van der Waals surface area contributed by atoms with E-state index in [1.54, 1.807) is 24.4 Å². The first-order valence-corrected chi connectivity index (χ1v) is 9.97. The molecule has 0 spiro atoms. The van der Waals surface area contributed by atoms with Crippen molar-refractivity contribution in [2.24, 2.45) is 0 Å². The van der Waals surface area contributed by atoms with E-state index in [9.17, 15) is 4.39 Å². The molecule has 2 N–H and O–H groups in total. The number of benzene rings is 1. The second-order valence-electron chi connectivity index (χ2n) is 7.55. The van der Waals surface area contributed by atoms with Crippen LogP contribution < -0.4 is 5.32 Å². The van der Waals surface area contributed by atoms with Gasteiger partial charge in [0.2, 0.25) is 12.2 Å². The average molecular weight is 424 g/mol. The number of nitrogens with zero attached hydrogens (tertiary/aromatic N) is 4. The summed E-state index contributed by atoms with van der Waals surface area (Å²) in [6.45, 7) is 6.24. The summed E-state index contributed by atoms with van der Waals surface area (Å²) >= 11 is 0. The van der Waals surface area contributed by atoms with Crippen LogP contribution in [0.3, 0.4) is 0 Å². The second-order valence-corrected chi connectivity index (χ2v) is 7.55. The highest BCUT2D eigenvalue weighted by molar-refractivity contribution is 5.77. The van der Waals surface area contributed by atoms with Crippen molar-refractivity contribution in [1.29, 1.82) is 0 Å². The van der Waals surface area contributed by atoms with Crippen molar-refractivity contribution in [2.75, 3.05) is 45.7 Å². The van der Waals surface area contributed by atoms with Crippen molar-refractivity contribution in [3.8, 4) is 22.6 Å². The fraction of sp³-hybridized carbons (Fsp3) is 0.318. The van der Waals surface area contributed by atoms with Gasteiger partial charge in [-0.25, -0.2) is 19.3 Å². The Bertz CT molecular complexity index is 1040. The van der Waals surface area contributed by atoms with Crippen LogP contribution in [0.1, 0.15) is 12.1 Å². The minimum Gasteiger partial charge on any atom is -0.353 e. The van der Waals surface area contributed by atoms with E-state index in [1.165, 1.54) is 12.1 Å². The fourth-order valence-corrected chi connectivity index (χ4v) is 3.11. The number of ether oxygens (including phenoxy) is 2. The Hall–Kier alpha value is -3.14. The van der Waals surface area contributed by atoms with Crippen LogP contribution in [-0.2, 0) is 9.47 Å². The Balaban J connectivity index is 1.68. The maximum Gasteiger partial charge on any atom is 0.223 e. The molecule has 3 heterocycles. The summed E-state index contributed by atoms with van der Waals surface area (Å²) in [6, 6.07) is 7.96. The standard InChI is InChI=1S/C22H25FN6O2/c1-14-12-30-21(31-13-14)20-27-18(15-4-6-16(23)7-5-15)19(28-20)17-8-9-24-22(26-17)25-10-11-29(2)3/h4-9,21H,1,10-13H2,2-3H3,(H,27,28)(H,24,25,26). The molecule has 4 rings (SSSR count). The highest BCUT2D eigenvalue weighted by atomic mass is 19.1. The lowest BCUT2D eigenvalue weighted by atomic mass is 10.1. The van der Waals surface area contributed by atoms with Gasteiger partial charge in [-0.2, -0.15) is 0 Å². The smallest absolute Gasteiger partial charge is 0.223 e. The third kappa shape index (κ3) is 5.13. The van der Waals surface area contributed by atoms with Gasteiger partial charge in [0.25, 0.3) is 0 Å². The predicted octanol–water partition coefficient (Wildman–Crippen LogP) is 3.25. The molecule has 0 saturated carbocycles. The lowest BCUT2D eigenvalue weighted by Gasteiger charge is -2.22. The molecule has 0 amide bonds. The van der Waals surface area contributed by atoms with Crippen LogP contribution in [0.4, 0.5) is 10.3 Å². The zero-order chi connectivity index (χ0) is 21.8. The molecule has 0 bridgehead atoms. The number of hydrogen-bond donors (Lipinski definition) is 2. The van der Waals surface area contributed by atoms with E-state index in [0.29, 0.717) is 48.6 Å². The number of H-pyrrole nitrogens is 1. The summed E-state index contributed by atoms with van der Waals surface area (Å²) in [5, 5.41) is 3.22. The second kappa shape index (κ2) is 9.34. The maximum absolute atomic E-state index is 13.5. The van der Waals surface area contributed by atoms with Gasteiger partial charge >= 0.3 is 0 Å². The van der Waals surface area contributed by atoms with Crippen molar-refractivity contribution >= 4 is 5.95 Å². The molecule has 162 valence electrons. The monoisotopic (exact) mass is 424 g/mol. The van der Waals surface area contributed by atoms with Crippen LogP contribution in [0, 0.1) is 5.82 Å². The Morgan fingerprint density at radius 2 is 1.90 bits per heavy atom. The summed E-state index contributed by atoms with van der Waals surface area (Å²) in [4.78, 5) is 19.0. The molecule has 31 heavy (non-hydrogen) atoms. The Labute approximate surface area is 180 Å². The van der Waals surface area contributed by atoms with Gasteiger partial charge < -0.3 is 24.7 Å². The molecule has 3 aromatic rings. The molecule has 0 radical (unpaired) electrons. The molecule has 0 aliphatic carbocycles. The molecule has 8 nitrogen and oxygen atoms in total. The van der Waals surface area contributed by atoms with Gasteiger partial charge in [-0.1, -0.05) is 6.58 Å². The minimum atomic E-state index is -0.641. The minimum absolute atomic E-state index is 0.312. The van der Waals surface area contributed by atoms with E-state index in [1.807, 2.05) is 14.1 Å². The molecule has 1 aromatic carbocycles. The van der Waals surface area contributed by atoms with Gasteiger partial charge in [0, 0.05) is 24.8 Å². The molecule has 1 aliphatic rings. The molecular formula is C22H25FN6O2. The van der Waals surface area contributed by atoms with E-state index in [-0.39, 0.29) is 5.82 Å².